The summed E-state index contributed by atoms with van der Waals surface area (Å²) >= 11 is 0. The average molecular weight is 426 g/mol. The van der Waals surface area contributed by atoms with Crippen molar-refractivity contribution in [1.29, 1.82) is 0 Å². The van der Waals surface area contributed by atoms with Crippen molar-refractivity contribution in [2.24, 2.45) is 58.2 Å². The summed E-state index contributed by atoms with van der Waals surface area (Å²) in [6, 6.07) is 0. The summed E-state index contributed by atoms with van der Waals surface area (Å²) in [6.45, 7) is 19.4. The molecule has 1 heteroatoms. The standard InChI is InChI=1S/C30H51N/c1-19-10-13-28(5)23(16-19)8-9-24-25(28)12-14-29(6)26(24)17-21(3)27(29)22(4)30(7)15-11-20(2)18-31-30/h8,19-22,24-27,31H,9-18H2,1-7H3/t19?,20?,21?,22-,24?,25?,26?,27?,28-,29-,30?/m0/s1. The number of hydrogen-bond donors (Lipinski definition) is 1. The van der Waals surface area contributed by atoms with Crippen LogP contribution >= 0.6 is 0 Å². The molecule has 4 fully saturated rings. The Labute approximate surface area is 193 Å². The van der Waals surface area contributed by atoms with Crippen LogP contribution in [0.5, 0.6) is 0 Å². The van der Waals surface area contributed by atoms with Crippen LogP contribution in [0.2, 0.25) is 0 Å². The molecule has 1 heterocycles. The van der Waals surface area contributed by atoms with Crippen LogP contribution in [0.3, 0.4) is 0 Å². The van der Waals surface area contributed by atoms with Crippen LogP contribution in [0.4, 0.5) is 0 Å². The summed E-state index contributed by atoms with van der Waals surface area (Å²) in [6.07, 6.45) is 15.7. The Balaban J connectivity index is 1.42. The molecule has 176 valence electrons. The highest BCUT2D eigenvalue weighted by Crippen LogP contribution is 2.69. The number of hydrogen-bond acceptors (Lipinski definition) is 1. The first-order valence-corrected chi connectivity index (χ1v) is 14.0. The normalized spacial score (nSPS) is 55.6. The topological polar surface area (TPSA) is 12.0 Å². The van der Waals surface area contributed by atoms with Gasteiger partial charge in [-0.25, -0.2) is 0 Å². The Morgan fingerprint density at radius 2 is 1.68 bits per heavy atom. The van der Waals surface area contributed by atoms with Crippen LogP contribution in [-0.4, -0.2) is 12.1 Å². The van der Waals surface area contributed by atoms with Crippen molar-refractivity contribution < 1.29 is 0 Å². The number of rotatable bonds is 2. The molecule has 4 aliphatic carbocycles. The van der Waals surface area contributed by atoms with Gasteiger partial charge in [-0.15, -0.1) is 0 Å². The molecule has 8 unspecified atom stereocenters. The van der Waals surface area contributed by atoms with E-state index in [1.807, 2.05) is 5.57 Å². The van der Waals surface area contributed by atoms with E-state index in [-0.39, 0.29) is 0 Å². The van der Waals surface area contributed by atoms with Gasteiger partial charge in [-0.3, -0.25) is 0 Å². The van der Waals surface area contributed by atoms with Crippen molar-refractivity contribution in [1.82, 2.24) is 5.32 Å². The molecule has 1 aliphatic heterocycles. The zero-order chi connectivity index (χ0) is 22.2. The maximum atomic E-state index is 4.05. The highest BCUT2D eigenvalue weighted by atomic mass is 15.0. The smallest absolute Gasteiger partial charge is 0.0182 e. The Morgan fingerprint density at radius 3 is 2.39 bits per heavy atom. The minimum Gasteiger partial charge on any atom is -0.311 e. The van der Waals surface area contributed by atoms with Crippen LogP contribution in [0, 0.1) is 58.2 Å². The van der Waals surface area contributed by atoms with Crippen LogP contribution in [-0.2, 0) is 0 Å². The molecule has 1 saturated heterocycles. The molecule has 3 saturated carbocycles. The van der Waals surface area contributed by atoms with E-state index in [4.69, 9.17) is 0 Å². The van der Waals surface area contributed by atoms with E-state index in [9.17, 15) is 0 Å². The molecular formula is C30H51N. The van der Waals surface area contributed by atoms with Gasteiger partial charge in [0.15, 0.2) is 0 Å². The predicted molar refractivity (Wildman–Crippen MR) is 133 cm³/mol. The fraction of sp³-hybridized carbons (Fsp3) is 0.933. The number of nitrogens with one attached hydrogen (secondary N) is 1. The van der Waals surface area contributed by atoms with Gasteiger partial charge in [-0.05, 0) is 129 Å². The molecule has 0 bridgehead atoms. The van der Waals surface area contributed by atoms with Gasteiger partial charge in [0.25, 0.3) is 0 Å². The Hall–Kier alpha value is -0.300. The van der Waals surface area contributed by atoms with Crippen molar-refractivity contribution in [3.05, 3.63) is 11.6 Å². The lowest BCUT2D eigenvalue weighted by molar-refractivity contribution is -0.0637. The molecule has 0 aromatic heterocycles. The highest BCUT2D eigenvalue weighted by Gasteiger charge is 2.62. The van der Waals surface area contributed by atoms with Crippen molar-refractivity contribution in [3.8, 4) is 0 Å². The van der Waals surface area contributed by atoms with Crippen molar-refractivity contribution in [2.45, 2.75) is 112 Å². The molecule has 0 aromatic carbocycles. The first kappa shape index (κ1) is 22.5. The third-order valence-electron chi connectivity index (χ3n) is 12.3. The van der Waals surface area contributed by atoms with Gasteiger partial charge in [-0.1, -0.05) is 53.2 Å². The fourth-order valence-corrected chi connectivity index (χ4v) is 10.2. The lowest BCUT2D eigenvalue weighted by atomic mass is 9.46. The van der Waals surface area contributed by atoms with E-state index in [2.05, 4.69) is 59.9 Å². The summed E-state index contributed by atoms with van der Waals surface area (Å²) in [5.74, 6) is 7.17. The lowest BCUT2D eigenvalue weighted by Crippen LogP contribution is -2.57. The summed E-state index contributed by atoms with van der Waals surface area (Å²) in [5, 5.41) is 4.05. The van der Waals surface area contributed by atoms with Crippen molar-refractivity contribution >= 4 is 0 Å². The minimum absolute atomic E-state index is 0.339. The molecule has 0 aromatic rings. The molecule has 1 nitrogen and oxygen atoms in total. The molecule has 1 N–H and O–H groups in total. The third kappa shape index (κ3) is 3.33. The average Bonchev–Trinajstić information content (AvgIpc) is 3.00. The summed E-state index contributed by atoms with van der Waals surface area (Å²) in [7, 11) is 0. The van der Waals surface area contributed by atoms with E-state index in [1.165, 1.54) is 64.3 Å². The van der Waals surface area contributed by atoms with E-state index in [1.54, 1.807) is 0 Å². The largest absolute Gasteiger partial charge is 0.311 e. The van der Waals surface area contributed by atoms with Crippen molar-refractivity contribution in [3.63, 3.8) is 0 Å². The van der Waals surface area contributed by atoms with E-state index in [0.717, 1.165) is 47.3 Å². The fourth-order valence-electron chi connectivity index (χ4n) is 10.2. The van der Waals surface area contributed by atoms with E-state index >= 15 is 0 Å². The predicted octanol–water partition coefficient (Wildman–Crippen LogP) is 7.86. The molecule has 31 heavy (non-hydrogen) atoms. The van der Waals surface area contributed by atoms with Gasteiger partial charge in [0.05, 0.1) is 0 Å². The SMILES string of the molecule is CC1CCC(C)([C@@H](C)C2C(C)CC3C4CC=C5CC(C)CC[C@]5(C)C4CC[C@@]32C)NC1. The van der Waals surface area contributed by atoms with Crippen LogP contribution in [0.25, 0.3) is 0 Å². The maximum Gasteiger partial charge on any atom is 0.0182 e. The third-order valence-corrected chi connectivity index (χ3v) is 12.3. The van der Waals surface area contributed by atoms with Crippen molar-refractivity contribution in [2.75, 3.05) is 6.54 Å². The van der Waals surface area contributed by atoms with E-state index < -0.39 is 0 Å². The second-order valence-electron chi connectivity index (χ2n) is 14.1. The monoisotopic (exact) mass is 425 g/mol. The zero-order valence-electron chi connectivity index (χ0n) is 21.8. The quantitative estimate of drug-likeness (QED) is 0.444. The first-order valence-electron chi connectivity index (χ1n) is 14.0. The van der Waals surface area contributed by atoms with Crippen LogP contribution < -0.4 is 5.32 Å². The van der Waals surface area contributed by atoms with Gasteiger partial charge in [0.2, 0.25) is 0 Å². The van der Waals surface area contributed by atoms with Gasteiger partial charge < -0.3 is 5.32 Å². The highest BCUT2D eigenvalue weighted by molar-refractivity contribution is 5.25. The molecule has 0 amide bonds. The summed E-state index contributed by atoms with van der Waals surface area (Å²) < 4.78 is 0. The van der Waals surface area contributed by atoms with Gasteiger partial charge in [0.1, 0.15) is 0 Å². The van der Waals surface area contributed by atoms with Gasteiger partial charge in [0, 0.05) is 5.54 Å². The molecule has 5 rings (SSSR count). The van der Waals surface area contributed by atoms with Gasteiger partial charge >= 0.3 is 0 Å². The zero-order valence-corrected chi connectivity index (χ0v) is 21.8. The number of fused-ring (bicyclic) bond motifs is 5. The lowest BCUT2D eigenvalue weighted by Gasteiger charge is -2.59. The van der Waals surface area contributed by atoms with Gasteiger partial charge in [-0.2, -0.15) is 0 Å². The minimum atomic E-state index is 0.339. The van der Waals surface area contributed by atoms with Crippen LogP contribution in [0.15, 0.2) is 11.6 Å². The first-order chi connectivity index (χ1) is 14.6. The Kier molecular flexibility index (Phi) is 5.52. The molecular weight excluding hydrogens is 374 g/mol. The summed E-state index contributed by atoms with van der Waals surface area (Å²) in [5.41, 5.74) is 3.28. The Bertz CT molecular complexity index is 714. The maximum absolute atomic E-state index is 4.05. The molecule has 0 spiro atoms. The number of piperidine rings is 1. The van der Waals surface area contributed by atoms with E-state index in [0.29, 0.717) is 16.4 Å². The second kappa shape index (κ2) is 7.61. The molecule has 11 atom stereocenters. The number of allylic oxidation sites excluding steroid dienone is 2. The Morgan fingerprint density at radius 1 is 0.935 bits per heavy atom. The molecule has 5 aliphatic rings. The summed E-state index contributed by atoms with van der Waals surface area (Å²) in [4.78, 5) is 0. The molecule has 0 radical (unpaired) electrons. The second-order valence-corrected chi connectivity index (χ2v) is 14.1. The van der Waals surface area contributed by atoms with Crippen LogP contribution in [0.1, 0.15) is 106 Å².